The van der Waals surface area contributed by atoms with Gasteiger partial charge in [-0.25, -0.2) is 19.0 Å². The third-order valence-electron chi connectivity index (χ3n) is 5.81. The Labute approximate surface area is 189 Å². The van der Waals surface area contributed by atoms with Crippen LogP contribution in [0.1, 0.15) is 18.4 Å². The summed E-state index contributed by atoms with van der Waals surface area (Å²) in [5.74, 6) is 0.0784. The van der Waals surface area contributed by atoms with Gasteiger partial charge in [0, 0.05) is 67.7 Å². The Morgan fingerprint density at radius 2 is 1.79 bits per heavy atom. The molecular formula is C24H20FN7O. The first-order valence-corrected chi connectivity index (χ1v) is 10.6. The van der Waals surface area contributed by atoms with Gasteiger partial charge in [-0.15, -0.1) is 0 Å². The fourth-order valence-corrected chi connectivity index (χ4v) is 4.05. The fourth-order valence-electron chi connectivity index (χ4n) is 4.05. The van der Waals surface area contributed by atoms with Crippen LogP contribution in [0, 0.1) is 17.1 Å². The van der Waals surface area contributed by atoms with Crippen LogP contribution in [0.4, 0.5) is 10.3 Å². The summed E-state index contributed by atoms with van der Waals surface area (Å²) in [5.41, 5.74) is 2.93. The van der Waals surface area contributed by atoms with E-state index in [1.165, 1.54) is 21.4 Å². The molecule has 4 heterocycles. The second-order valence-corrected chi connectivity index (χ2v) is 7.94. The average molecular weight is 441 g/mol. The minimum absolute atomic E-state index is 0.0845. The zero-order chi connectivity index (χ0) is 22.9. The van der Waals surface area contributed by atoms with E-state index in [0.29, 0.717) is 28.3 Å². The lowest BCUT2D eigenvalue weighted by Crippen LogP contribution is -2.20. The summed E-state index contributed by atoms with van der Waals surface area (Å²) in [6, 6.07) is 7.84. The number of hydrogen-bond donors (Lipinski definition) is 0. The van der Waals surface area contributed by atoms with Gasteiger partial charge in [0.15, 0.2) is 0 Å². The summed E-state index contributed by atoms with van der Waals surface area (Å²) in [4.78, 5) is 23.6. The van der Waals surface area contributed by atoms with Gasteiger partial charge < -0.3 is 9.47 Å². The molecule has 0 aliphatic carbocycles. The van der Waals surface area contributed by atoms with Crippen LogP contribution in [0.2, 0.25) is 0 Å². The zero-order valence-corrected chi connectivity index (χ0v) is 17.9. The summed E-state index contributed by atoms with van der Waals surface area (Å²) in [5, 5.41) is 13.7. The molecule has 0 atom stereocenters. The minimum atomic E-state index is -0.606. The lowest BCUT2D eigenvalue weighted by atomic mass is 10.0. The monoisotopic (exact) mass is 441 g/mol. The van der Waals surface area contributed by atoms with Crippen molar-refractivity contribution in [2.45, 2.75) is 12.8 Å². The zero-order valence-electron chi connectivity index (χ0n) is 17.9. The van der Waals surface area contributed by atoms with Crippen LogP contribution < -0.4 is 10.5 Å². The molecule has 3 aromatic heterocycles. The number of pyridine rings is 1. The van der Waals surface area contributed by atoms with Crippen molar-refractivity contribution < 1.29 is 4.39 Å². The molecule has 5 rings (SSSR count). The summed E-state index contributed by atoms with van der Waals surface area (Å²) >= 11 is 0. The van der Waals surface area contributed by atoms with Gasteiger partial charge in [0.2, 0.25) is 5.95 Å². The standard InChI is InChI=1S/C24H20FN7O/c1-30-15-20(17-13-29-32(14-17)22-6-4-5-21(25)19(22)10-26)18(9-23(30)33)16-11-27-24(28-12-16)31-7-2-3-8-31/h4-6,9,11-15H,2-3,7-8H2,1H3. The van der Waals surface area contributed by atoms with E-state index in [1.807, 2.05) is 6.07 Å². The Morgan fingerprint density at radius 3 is 2.52 bits per heavy atom. The predicted molar refractivity (Wildman–Crippen MR) is 121 cm³/mol. The number of benzene rings is 1. The van der Waals surface area contributed by atoms with Gasteiger partial charge in [-0.3, -0.25) is 4.79 Å². The van der Waals surface area contributed by atoms with Crippen molar-refractivity contribution in [2.24, 2.45) is 7.05 Å². The topological polar surface area (TPSA) is 92.6 Å². The summed E-state index contributed by atoms with van der Waals surface area (Å²) in [7, 11) is 1.67. The highest BCUT2D eigenvalue weighted by atomic mass is 19.1. The van der Waals surface area contributed by atoms with Crippen molar-refractivity contribution in [3.05, 3.63) is 77.0 Å². The number of nitrogens with zero attached hydrogens (tertiary/aromatic N) is 7. The third kappa shape index (κ3) is 3.76. The van der Waals surface area contributed by atoms with Crippen LogP contribution in [0.25, 0.3) is 27.9 Å². The number of aromatic nitrogens is 5. The Kier molecular flexibility index (Phi) is 5.18. The van der Waals surface area contributed by atoms with Crippen molar-refractivity contribution in [3.8, 4) is 34.0 Å². The normalized spacial score (nSPS) is 13.3. The van der Waals surface area contributed by atoms with Crippen molar-refractivity contribution >= 4 is 5.95 Å². The molecule has 0 N–H and O–H groups in total. The van der Waals surface area contributed by atoms with Crippen LogP contribution in [-0.2, 0) is 7.05 Å². The second-order valence-electron chi connectivity index (χ2n) is 7.94. The van der Waals surface area contributed by atoms with Crippen molar-refractivity contribution in [1.82, 2.24) is 24.3 Å². The molecule has 164 valence electrons. The maximum Gasteiger partial charge on any atom is 0.250 e. The van der Waals surface area contributed by atoms with Gasteiger partial charge in [0.25, 0.3) is 5.56 Å². The van der Waals surface area contributed by atoms with E-state index in [1.54, 1.807) is 50.2 Å². The molecule has 1 saturated heterocycles. The van der Waals surface area contributed by atoms with E-state index >= 15 is 0 Å². The highest BCUT2D eigenvalue weighted by Gasteiger charge is 2.18. The number of hydrogen-bond acceptors (Lipinski definition) is 6. The fraction of sp³-hybridized carbons (Fsp3) is 0.208. The SMILES string of the molecule is Cn1cc(-c2cnn(-c3cccc(F)c3C#N)c2)c(-c2cnc(N3CCCC3)nc2)cc1=O. The van der Waals surface area contributed by atoms with Crippen LogP contribution in [-0.4, -0.2) is 37.4 Å². The van der Waals surface area contributed by atoms with E-state index in [0.717, 1.165) is 31.5 Å². The molecule has 0 radical (unpaired) electrons. The van der Waals surface area contributed by atoms with Gasteiger partial charge in [0.1, 0.15) is 17.4 Å². The molecule has 1 aliphatic heterocycles. The number of halogens is 1. The largest absolute Gasteiger partial charge is 0.341 e. The highest BCUT2D eigenvalue weighted by Crippen LogP contribution is 2.31. The van der Waals surface area contributed by atoms with Gasteiger partial charge in [-0.2, -0.15) is 10.4 Å². The Morgan fingerprint density at radius 1 is 1.03 bits per heavy atom. The average Bonchev–Trinajstić information content (AvgIpc) is 3.53. The second kappa shape index (κ2) is 8.31. The third-order valence-corrected chi connectivity index (χ3v) is 5.81. The molecule has 9 heteroatoms. The molecule has 0 amide bonds. The van der Waals surface area contributed by atoms with E-state index in [4.69, 9.17) is 0 Å². The van der Waals surface area contributed by atoms with E-state index in [-0.39, 0.29) is 11.1 Å². The Balaban J connectivity index is 1.58. The van der Waals surface area contributed by atoms with E-state index in [2.05, 4.69) is 20.0 Å². The first kappa shape index (κ1) is 20.6. The van der Waals surface area contributed by atoms with E-state index < -0.39 is 5.82 Å². The Bertz CT molecular complexity index is 1430. The smallest absolute Gasteiger partial charge is 0.250 e. The predicted octanol–water partition coefficient (Wildman–Crippen LogP) is 3.31. The van der Waals surface area contributed by atoms with Crippen molar-refractivity contribution in [2.75, 3.05) is 18.0 Å². The summed E-state index contributed by atoms with van der Waals surface area (Å²) < 4.78 is 17.0. The quantitative estimate of drug-likeness (QED) is 0.483. The van der Waals surface area contributed by atoms with Crippen molar-refractivity contribution in [1.29, 1.82) is 5.26 Å². The lowest BCUT2D eigenvalue weighted by molar-refractivity contribution is 0.621. The number of anilines is 1. The first-order valence-electron chi connectivity index (χ1n) is 10.6. The highest BCUT2D eigenvalue weighted by molar-refractivity contribution is 5.82. The first-order chi connectivity index (χ1) is 16.0. The molecule has 0 spiro atoms. The lowest BCUT2D eigenvalue weighted by Gasteiger charge is -2.15. The van der Waals surface area contributed by atoms with Crippen molar-refractivity contribution in [3.63, 3.8) is 0 Å². The molecule has 0 saturated carbocycles. The van der Waals surface area contributed by atoms with Gasteiger partial charge in [-0.1, -0.05) is 6.07 Å². The van der Waals surface area contributed by atoms with E-state index in [9.17, 15) is 14.4 Å². The number of rotatable bonds is 4. The van der Waals surface area contributed by atoms with Crippen LogP contribution in [0.5, 0.6) is 0 Å². The number of aryl methyl sites for hydroxylation is 1. The Hall–Kier alpha value is -4.32. The summed E-state index contributed by atoms with van der Waals surface area (Å²) in [6.07, 6.45) is 10.8. The van der Waals surface area contributed by atoms with Crippen LogP contribution >= 0.6 is 0 Å². The van der Waals surface area contributed by atoms with Gasteiger partial charge in [0.05, 0.1) is 11.9 Å². The van der Waals surface area contributed by atoms with Gasteiger partial charge in [-0.05, 0) is 30.5 Å². The molecule has 1 fully saturated rings. The molecule has 0 bridgehead atoms. The van der Waals surface area contributed by atoms with Crippen LogP contribution in [0.15, 0.2) is 60.0 Å². The molecular weight excluding hydrogens is 421 g/mol. The van der Waals surface area contributed by atoms with Crippen LogP contribution in [0.3, 0.4) is 0 Å². The number of nitriles is 1. The molecule has 33 heavy (non-hydrogen) atoms. The molecule has 1 aliphatic rings. The maximum atomic E-state index is 14.1. The molecule has 1 aromatic carbocycles. The van der Waals surface area contributed by atoms with Gasteiger partial charge >= 0.3 is 0 Å². The molecule has 8 nitrogen and oxygen atoms in total. The molecule has 4 aromatic rings. The maximum absolute atomic E-state index is 14.1. The minimum Gasteiger partial charge on any atom is -0.341 e. The summed E-state index contributed by atoms with van der Waals surface area (Å²) in [6.45, 7) is 1.89. The molecule has 0 unspecified atom stereocenters.